The van der Waals surface area contributed by atoms with E-state index in [1.54, 1.807) is 31.2 Å². The van der Waals surface area contributed by atoms with E-state index in [0.29, 0.717) is 32.8 Å². The summed E-state index contributed by atoms with van der Waals surface area (Å²) in [6.45, 7) is 1.62. The lowest BCUT2D eigenvalue weighted by atomic mass is 10.1. The quantitative estimate of drug-likeness (QED) is 0.271. The van der Waals surface area contributed by atoms with Gasteiger partial charge in [-0.25, -0.2) is 4.79 Å². The second kappa shape index (κ2) is 9.58. The van der Waals surface area contributed by atoms with Gasteiger partial charge in [0.05, 0.1) is 22.1 Å². The van der Waals surface area contributed by atoms with Crippen LogP contribution < -0.4 is 14.4 Å². The van der Waals surface area contributed by atoms with Gasteiger partial charge >= 0.3 is 5.97 Å². The van der Waals surface area contributed by atoms with Crippen molar-refractivity contribution >= 4 is 57.6 Å². The Bertz CT molecular complexity index is 1080. The summed E-state index contributed by atoms with van der Waals surface area (Å²) in [4.78, 5) is 35.6. The molecule has 0 saturated carbocycles. The molecule has 0 bridgehead atoms. The summed E-state index contributed by atoms with van der Waals surface area (Å²) in [6, 6.07) is 10.4. The number of nitro groups is 1. The molecule has 1 aliphatic rings. The number of carboxylic acid groups (broad SMARTS) is 1. The van der Waals surface area contributed by atoms with Gasteiger partial charge in [0.25, 0.3) is 11.6 Å². The van der Waals surface area contributed by atoms with Crippen LogP contribution in [0.25, 0.3) is 6.08 Å². The maximum absolute atomic E-state index is 12.9. The molecule has 3 rings (SSSR count). The zero-order valence-electron chi connectivity index (χ0n) is 16.1. The molecule has 0 unspecified atom stereocenters. The monoisotopic (exact) mass is 460 g/mol. The molecule has 11 heteroatoms. The topological polar surface area (TPSA) is 119 Å². The number of thioether (sulfide) groups is 1. The van der Waals surface area contributed by atoms with Gasteiger partial charge in [0, 0.05) is 12.1 Å². The Kier molecular flexibility index (Phi) is 6.88. The summed E-state index contributed by atoms with van der Waals surface area (Å²) in [6.07, 6.45) is 1.63. The first-order chi connectivity index (χ1) is 14.8. The highest BCUT2D eigenvalue weighted by molar-refractivity contribution is 8.27. The lowest BCUT2D eigenvalue weighted by Gasteiger charge is -2.14. The Morgan fingerprint density at radius 2 is 1.94 bits per heavy atom. The van der Waals surface area contributed by atoms with Crippen LogP contribution in [0.2, 0.25) is 0 Å². The molecule has 0 spiro atoms. The summed E-state index contributed by atoms with van der Waals surface area (Å²) >= 11 is 6.42. The standard InChI is InChI=1S/C20H16N2O7S2/c1-2-28-16-9-12(3-8-15(16)29-11-18(23)24)10-17-19(25)21(20(30)31-17)13-4-6-14(7-5-13)22(26)27/h3-10H,2,11H2,1H3,(H,23,24)/b17-10-. The lowest BCUT2D eigenvalue weighted by molar-refractivity contribution is -0.384. The first kappa shape index (κ1) is 22.2. The minimum Gasteiger partial charge on any atom is -0.490 e. The van der Waals surface area contributed by atoms with E-state index in [1.807, 2.05) is 0 Å². The van der Waals surface area contributed by atoms with Gasteiger partial charge in [0.15, 0.2) is 22.4 Å². The van der Waals surface area contributed by atoms with Crippen LogP contribution in [0.3, 0.4) is 0 Å². The Morgan fingerprint density at radius 3 is 2.55 bits per heavy atom. The van der Waals surface area contributed by atoms with Gasteiger partial charge in [0.1, 0.15) is 0 Å². The third kappa shape index (κ3) is 5.19. The van der Waals surface area contributed by atoms with Crippen LogP contribution in [0.1, 0.15) is 12.5 Å². The second-order valence-electron chi connectivity index (χ2n) is 6.11. The number of hydrogen-bond acceptors (Lipinski definition) is 8. The van der Waals surface area contributed by atoms with Crippen molar-refractivity contribution in [2.75, 3.05) is 18.1 Å². The van der Waals surface area contributed by atoms with Gasteiger partial charge in [0.2, 0.25) is 0 Å². The SMILES string of the molecule is CCOc1cc(/C=C2\SC(=S)N(c3ccc([N+](=O)[O-])cc3)C2=O)ccc1OCC(=O)O. The van der Waals surface area contributed by atoms with Crippen molar-refractivity contribution in [3.05, 3.63) is 63.0 Å². The number of carboxylic acids is 1. The molecule has 2 aromatic carbocycles. The van der Waals surface area contributed by atoms with E-state index in [4.69, 9.17) is 26.8 Å². The van der Waals surface area contributed by atoms with Gasteiger partial charge in [-0.05, 0) is 42.8 Å². The molecular weight excluding hydrogens is 444 g/mol. The van der Waals surface area contributed by atoms with Crippen molar-refractivity contribution in [2.45, 2.75) is 6.92 Å². The van der Waals surface area contributed by atoms with Gasteiger partial charge in [-0.15, -0.1) is 0 Å². The number of carbonyl (C=O) groups is 2. The number of ether oxygens (including phenoxy) is 2. The highest BCUT2D eigenvalue weighted by Crippen LogP contribution is 2.37. The molecule has 1 amide bonds. The minimum absolute atomic E-state index is 0.0848. The van der Waals surface area contributed by atoms with Crippen LogP contribution in [0.4, 0.5) is 11.4 Å². The molecule has 0 aromatic heterocycles. The first-order valence-corrected chi connectivity index (χ1v) is 10.2. The van der Waals surface area contributed by atoms with Gasteiger partial charge in [-0.2, -0.15) is 0 Å². The normalized spacial score (nSPS) is 14.7. The molecule has 9 nitrogen and oxygen atoms in total. The van der Waals surface area contributed by atoms with E-state index in [0.717, 1.165) is 11.8 Å². The highest BCUT2D eigenvalue weighted by atomic mass is 32.2. The number of amides is 1. The number of thiocarbonyl (C=S) groups is 1. The smallest absolute Gasteiger partial charge is 0.341 e. The number of aliphatic carboxylic acids is 1. The molecule has 2 aromatic rings. The predicted molar refractivity (Wildman–Crippen MR) is 119 cm³/mol. The summed E-state index contributed by atoms with van der Waals surface area (Å²) in [5, 5.41) is 19.6. The summed E-state index contributed by atoms with van der Waals surface area (Å²) in [5.74, 6) is -0.836. The van der Waals surface area contributed by atoms with Crippen LogP contribution in [0, 0.1) is 10.1 Å². The molecule has 0 aliphatic carbocycles. The summed E-state index contributed by atoms with van der Waals surface area (Å²) in [5.41, 5.74) is 0.984. The Morgan fingerprint density at radius 1 is 1.23 bits per heavy atom. The number of nitrogens with zero attached hydrogens (tertiary/aromatic N) is 2. The third-order valence-electron chi connectivity index (χ3n) is 4.03. The van der Waals surface area contributed by atoms with Crippen LogP contribution in [0.15, 0.2) is 47.4 Å². The number of carbonyl (C=O) groups excluding carboxylic acids is 1. The van der Waals surface area contributed by atoms with E-state index >= 15 is 0 Å². The first-order valence-electron chi connectivity index (χ1n) is 8.94. The van der Waals surface area contributed by atoms with Crippen molar-refractivity contribution < 1.29 is 29.1 Å². The fourth-order valence-electron chi connectivity index (χ4n) is 2.71. The van der Waals surface area contributed by atoms with Crippen LogP contribution in [-0.4, -0.2) is 39.4 Å². The van der Waals surface area contributed by atoms with Gasteiger partial charge in [-0.3, -0.25) is 19.8 Å². The van der Waals surface area contributed by atoms with Crippen LogP contribution in [-0.2, 0) is 9.59 Å². The molecule has 0 radical (unpaired) electrons. The summed E-state index contributed by atoms with van der Waals surface area (Å²) in [7, 11) is 0. The maximum Gasteiger partial charge on any atom is 0.341 e. The van der Waals surface area contributed by atoms with Gasteiger partial charge < -0.3 is 14.6 Å². The molecular formula is C20H16N2O7S2. The van der Waals surface area contributed by atoms with E-state index < -0.39 is 17.5 Å². The molecule has 31 heavy (non-hydrogen) atoms. The van der Waals surface area contributed by atoms with Crippen molar-refractivity contribution in [2.24, 2.45) is 0 Å². The Balaban J connectivity index is 1.85. The fraction of sp³-hybridized carbons (Fsp3) is 0.150. The molecule has 1 heterocycles. The third-order valence-corrected chi connectivity index (χ3v) is 5.33. The van der Waals surface area contributed by atoms with Crippen LogP contribution >= 0.6 is 24.0 Å². The number of anilines is 1. The Hall–Kier alpha value is -3.44. The second-order valence-corrected chi connectivity index (χ2v) is 7.79. The number of benzene rings is 2. The largest absolute Gasteiger partial charge is 0.490 e. The average Bonchev–Trinajstić information content (AvgIpc) is 3.00. The van der Waals surface area contributed by atoms with Crippen molar-refractivity contribution in [1.82, 2.24) is 0 Å². The Labute approximate surface area is 186 Å². The zero-order valence-corrected chi connectivity index (χ0v) is 17.8. The van der Waals surface area contributed by atoms with Gasteiger partial charge in [-0.1, -0.05) is 30.0 Å². The maximum atomic E-state index is 12.9. The molecule has 1 aliphatic heterocycles. The zero-order chi connectivity index (χ0) is 22.5. The van der Waals surface area contributed by atoms with Crippen molar-refractivity contribution in [3.63, 3.8) is 0 Å². The number of hydrogen-bond donors (Lipinski definition) is 1. The summed E-state index contributed by atoms with van der Waals surface area (Å²) < 4.78 is 11.0. The number of non-ortho nitro benzene ring substituents is 1. The molecule has 1 N–H and O–H groups in total. The van der Waals surface area contributed by atoms with Crippen molar-refractivity contribution in [3.8, 4) is 11.5 Å². The fourth-order valence-corrected chi connectivity index (χ4v) is 4.01. The molecule has 1 saturated heterocycles. The van der Waals surface area contributed by atoms with E-state index in [2.05, 4.69) is 0 Å². The van der Waals surface area contributed by atoms with E-state index in [-0.39, 0.29) is 17.3 Å². The lowest BCUT2D eigenvalue weighted by Crippen LogP contribution is -2.27. The molecule has 0 atom stereocenters. The molecule has 1 fully saturated rings. The van der Waals surface area contributed by atoms with E-state index in [9.17, 15) is 19.7 Å². The van der Waals surface area contributed by atoms with Crippen LogP contribution in [0.5, 0.6) is 11.5 Å². The minimum atomic E-state index is -1.11. The molecule has 160 valence electrons. The average molecular weight is 460 g/mol. The van der Waals surface area contributed by atoms with E-state index in [1.165, 1.54) is 29.2 Å². The van der Waals surface area contributed by atoms with Crippen molar-refractivity contribution in [1.29, 1.82) is 0 Å². The highest BCUT2D eigenvalue weighted by Gasteiger charge is 2.33. The predicted octanol–water partition coefficient (Wildman–Crippen LogP) is 3.86. The number of rotatable bonds is 8. The number of nitro benzene ring substituents is 1.